The third-order valence-electron chi connectivity index (χ3n) is 5.62. The standard InChI is InChI=1S/C27H30F3N/c1-17(2)14-19(5)23-15-25(21-8-6-20(7-9-21)18(3)4)31-26(16-23)22-10-12-24(13-11-22)27(28,29)30/h6-13,15-19H,14H2,1-5H3. The molecule has 31 heavy (non-hydrogen) atoms. The molecule has 0 radical (unpaired) electrons. The molecule has 1 aromatic heterocycles. The Morgan fingerprint density at radius 3 is 1.61 bits per heavy atom. The lowest BCUT2D eigenvalue weighted by Gasteiger charge is -2.17. The second-order valence-electron chi connectivity index (χ2n) is 9.05. The van der Waals surface area contributed by atoms with Gasteiger partial charge in [-0.05, 0) is 59.6 Å². The third kappa shape index (κ3) is 5.75. The third-order valence-corrected chi connectivity index (χ3v) is 5.62. The average Bonchev–Trinajstić information content (AvgIpc) is 2.72. The smallest absolute Gasteiger partial charge is 0.248 e. The van der Waals surface area contributed by atoms with Gasteiger partial charge in [0, 0.05) is 11.1 Å². The summed E-state index contributed by atoms with van der Waals surface area (Å²) in [5.41, 5.74) is 5.01. The zero-order chi connectivity index (χ0) is 22.8. The van der Waals surface area contributed by atoms with Crippen LogP contribution in [0.25, 0.3) is 22.5 Å². The molecular formula is C27H30F3N. The predicted octanol–water partition coefficient (Wildman–Crippen LogP) is 8.71. The predicted molar refractivity (Wildman–Crippen MR) is 122 cm³/mol. The van der Waals surface area contributed by atoms with Crippen molar-refractivity contribution in [3.63, 3.8) is 0 Å². The highest BCUT2D eigenvalue weighted by molar-refractivity contribution is 5.68. The fourth-order valence-corrected chi connectivity index (χ4v) is 3.84. The summed E-state index contributed by atoms with van der Waals surface area (Å²) in [5.74, 6) is 1.32. The highest BCUT2D eigenvalue weighted by Gasteiger charge is 2.30. The largest absolute Gasteiger partial charge is 0.416 e. The van der Waals surface area contributed by atoms with Gasteiger partial charge in [-0.2, -0.15) is 13.2 Å². The summed E-state index contributed by atoms with van der Waals surface area (Å²) in [4.78, 5) is 4.82. The maximum absolute atomic E-state index is 13.0. The summed E-state index contributed by atoms with van der Waals surface area (Å²) >= 11 is 0. The van der Waals surface area contributed by atoms with Gasteiger partial charge in [0.05, 0.1) is 17.0 Å². The Bertz CT molecular complexity index is 1000. The minimum atomic E-state index is -4.34. The average molecular weight is 426 g/mol. The van der Waals surface area contributed by atoms with Gasteiger partial charge in [-0.1, -0.05) is 71.0 Å². The van der Waals surface area contributed by atoms with Gasteiger partial charge in [0.1, 0.15) is 0 Å². The number of pyridine rings is 1. The summed E-state index contributed by atoms with van der Waals surface area (Å²) in [7, 11) is 0. The summed E-state index contributed by atoms with van der Waals surface area (Å²) in [5, 5.41) is 0. The number of benzene rings is 2. The summed E-state index contributed by atoms with van der Waals surface area (Å²) < 4.78 is 38.9. The molecule has 0 aliphatic heterocycles. The van der Waals surface area contributed by atoms with Crippen molar-refractivity contribution >= 4 is 0 Å². The molecule has 164 valence electrons. The van der Waals surface area contributed by atoms with Crippen LogP contribution < -0.4 is 0 Å². The van der Waals surface area contributed by atoms with Gasteiger partial charge in [-0.25, -0.2) is 4.98 Å². The fourth-order valence-electron chi connectivity index (χ4n) is 3.84. The molecule has 0 N–H and O–H groups in total. The minimum absolute atomic E-state index is 0.324. The highest BCUT2D eigenvalue weighted by Crippen LogP contribution is 2.34. The Labute approximate surface area is 183 Å². The first-order valence-electron chi connectivity index (χ1n) is 10.8. The van der Waals surface area contributed by atoms with Crippen LogP contribution in [-0.2, 0) is 6.18 Å². The van der Waals surface area contributed by atoms with E-state index in [1.54, 1.807) is 0 Å². The van der Waals surface area contributed by atoms with E-state index < -0.39 is 11.7 Å². The van der Waals surface area contributed by atoms with Crippen LogP contribution in [-0.4, -0.2) is 4.98 Å². The van der Waals surface area contributed by atoms with Crippen LogP contribution in [0.4, 0.5) is 13.2 Å². The van der Waals surface area contributed by atoms with Gasteiger partial charge in [0.25, 0.3) is 0 Å². The Morgan fingerprint density at radius 1 is 0.710 bits per heavy atom. The van der Waals surface area contributed by atoms with Gasteiger partial charge in [0.15, 0.2) is 0 Å². The van der Waals surface area contributed by atoms with E-state index >= 15 is 0 Å². The molecule has 0 aliphatic carbocycles. The van der Waals surface area contributed by atoms with Crippen molar-refractivity contribution in [2.75, 3.05) is 0 Å². The molecule has 1 unspecified atom stereocenters. The number of rotatable bonds is 6. The Kier molecular flexibility index (Phi) is 6.88. The van der Waals surface area contributed by atoms with E-state index in [1.807, 2.05) is 6.07 Å². The van der Waals surface area contributed by atoms with Crippen LogP contribution in [0.5, 0.6) is 0 Å². The molecule has 1 atom stereocenters. The first-order valence-corrected chi connectivity index (χ1v) is 10.8. The van der Waals surface area contributed by atoms with Crippen LogP contribution in [0.15, 0.2) is 60.7 Å². The summed E-state index contributed by atoms with van der Waals surface area (Å²) in [6.45, 7) is 10.9. The quantitative estimate of drug-likeness (QED) is 0.385. The molecule has 2 aromatic carbocycles. The van der Waals surface area contributed by atoms with Gasteiger partial charge in [-0.3, -0.25) is 0 Å². The number of nitrogens with zero attached hydrogens (tertiary/aromatic N) is 1. The summed E-state index contributed by atoms with van der Waals surface area (Å²) in [6, 6.07) is 17.8. The number of aromatic nitrogens is 1. The molecule has 3 aromatic rings. The zero-order valence-electron chi connectivity index (χ0n) is 18.8. The zero-order valence-corrected chi connectivity index (χ0v) is 18.8. The van der Waals surface area contributed by atoms with Gasteiger partial charge < -0.3 is 0 Å². The lowest BCUT2D eigenvalue weighted by Crippen LogP contribution is -2.04. The number of halogens is 3. The van der Waals surface area contributed by atoms with Crippen LogP contribution in [0.1, 0.15) is 69.6 Å². The SMILES string of the molecule is CC(C)CC(C)c1cc(-c2ccc(C(C)C)cc2)nc(-c2ccc(C(F)(F)F)cc2)c1. The molecule has 0 fully saturated rings. The van der Waals surface area contributed by atoms with Crippen molar-refractivity contribution in [3.8, 4) is 22.5 Å². The van der Waals surface area contributed by atoms with Crippen molar-refractivity contribution < 1.29 is 13.2 Å². The van der Waals surface area contributed by atoms with E-state index in [0.29, 0.717) is 29.0 Å². The van der Waals surface area contributed by atoms with Crippen molar-refractivity contribution in [1.82, 2.24) is 4.98 Å². The molecule has 0 bridgehead atoms. The molecule has 4 heteroatoms. The minimum Gasteiger partial charge on any atom is -0.248 e. The molecule has 1 heterocycles. The molecule has 0 amide bonds. The fraction of sp³-hybridized carbons (Fsp3) is 0.370. The lowest BCUT2D eigenvalue weighted by atomic mass is 9.90. The maximum atomic E-state index is 13.0. The molecule has 0 spiro atoms. The monoisotopic (exact) mass is 425 g/mol. The topological polar surface area (TPSA) is 12.9 Å². The molecule has 0 saturated carbocycles. The van der Waals surface area contributed by atoms with E-state index in [9.17, 15) is 13.2 Å². The van der Waals surface area contributed by atoms with E-state index in [-0.39, 0.29) is 0 Å². The molecular weight excluding hydrogens is 395 g/mol. The first kappa shape index (κ1) is 23.1. The Balaban J connectivity index is 2.06. The van der Waals surface area contributed by atoms with E-state index in [2.05, 4.69) is 65.0 Å². The van der Waals surface area contributed by atoms with Crippen molar-refractivity contribution in [3.05, 3.63) is 77.4 Å². The first-order chi connectivity index (χ1) is 14.5. The van der Waals surface area contributed by atoms with Gasteiger partial charge in [-0.15, -0.1) is 0 Å². The maximum Gasteiger partial charge on any atom is 0.416 e. The molecule has 3 rings (SSSR count). The second-order valence-corrected chi connectivity index (χ2v) is 9.05. The van der Waals surface area contributed by atoms with Gasteiger partial charge >= 0.3 is 6.18 Å². The van der Waals surface area contributed by atoms with Gasteiger partial charge in [0.2, 0.25) is 0 Å². The van der Waals surface area contributed by atoms with Crippen molar-refractivity contribution in [2.45, 2.75) is 59.1 Å². The number of alkyl halides is 3. The normalized spacial score (nSPS) is 13.1. The van der Waals surface area contributed by atoms with Crippen LogP contribution in [0, 0.1) is 5.92 Å². The van der Waals surface area contributed by atoms with Crippen LogP contribution in [0.2, 0.25) is 0 Å². The second kappa shape index (κ2) is 9.25. The highest BCUT2D eigenvalue weighted by atomic mass is 19.4. The van der Waals surface area contributed by atoms with Crippen molar-refractivity contribution in [2.24, 2.45) is 5.92 Å². The molecule has 0 aliphatic rings. The molecule has 1 nitrogen and oxygen atoms in total. The van der Waals surface area contributed by atoms with Crippen molar-refractivity contribution in [1.29, 1.82) is 0 Å². The van der Waals surface area contributed by atoms with Crippen LogP contribution >= 0.6 is 0 Å². The lowest BCUT2D eigenvalue weighted by molar-refractivity contribution is -0.137. The number of hydrogen-bond acceptors (Lipinski definition) is 1. The van der Waals surface area contributed by atoms with E-state index in [1.165, 1.54) is 17.7 Å². The Hall–Kier alpha value is -2.62. The Morgan fingerprint density at radius 2 is 1.19 bits per heavy atom. The van der Waals surface area contributed by atoms with E-state index in [0.717, 1.165) is 35.4 Å². The number of hydrogen-bond donors (Lipinski definition) is 0. The van der Waals surface area contributed by atoms with E-state index in [4.69, 9.17) is 4.98 Å². The molecule has 0 saturated heterocycles. The van der Waals surface area contributed by atoms with Crippen LogP contribution in [0.3, 0.4) is 0 Å². The summed E-state index contributed by atoms with van der Waals surface area (Å²) in [6.07, 6.45) is -3.31.